The summed E-state index contributed by atoms with van der Waals surface area (Å²) >= 11 is 0. The summed E-state index contributed by atoms with van der Waals surface area (Å²) in [5, 5.41) is 3.59. The molecular weight excluding hydrogens is 194 g/mol. The minimum absolute atomic E-state index is 0.391. The number of aryl methyl sites for hydroxylation is 1. The van der Waals surface area contributed by atoms with Crippen LogP contribution in [-0.4, -0.2) is 12.6 Å². The lowest BCUT2D eigenvalue weighted by atomic mass is 9.56. The summed E-state index contributed by atoms with van der Waals surface area (Å²) < 4.78 is 0. The molecule has 1 saturated carbocycles. The van der Waals surface area contributed by atoms with Gasteiger partial charge in [-0.2, -0.15) is 0 Å². The highest BCUT2D eigenvalue weighted by Gasteiger charge is 2.48. The fraction of sp³-hybridized carbons (Fsp3) is 0.600. The first kappa shape index (κ1) is 11.7. The van der Waals surface area contributed by atoms with Crippen LogP contribution in [0.15, 0.2) is 24.3 Å². The molecule has 0 aliphatic heterocycles. The Morgan fingerprint density at radius 3 is 2.56 bits per heavy atom. The van der Waals surface area contributed by atoms with Gasteiger partial charge in [-0.05, 0) is 42.3 Å². The smallest absolute Gasteiger partial charge is 0.0130 e. The van der Waals surface area contributed by atoms with Crippen molar-refractivity contribution in [3.05, 3.63) is 35.4 Å². The van der Waals surface area contributed by atoms with Crippen LogP contribution in [0, 0.1) is 12.3 Å². The van der Waals surface area contributed by atoms with Gasteiger partial charge in [-0.25, -0.2) is 0 Å². The van der Waals surface area contributed by atoms with Crippen LogP contribution < -0.4 is 5.32 Å². The van der Waals surface area contributed by atoms with Crippen molar-refractivity contribution >= 4 is 0 Å². The molecule has 0 aromatic heterocycles. The predicted molar refractivity (Wildman–Crippen MR) is 69.8 cm³/mol. The fourth-order valence-electron chi connectivity index (χ4n) is 3.02. The van der Waals surface area contributed by atoms with E-state index in [2.05, 4.69) is 57.3 Å². The van der Waals surface area contributed by atoms with Crippen molar-refractivity contribution in [2.24, 2.45) is 5.41 Å². The zero-order chi connectivity index (χ0) is 11.8. The SMILES string of the molecule is CCNC1CC(c2ccccc2C)C1(C)C. The summed E-state index contributed by atoms with van der Waals surface area (Å²) in [7, 11) is 0. The van der Waals surface area contributed by atoms with E-state index in [0.29, 0.717) is 11.5 Å². The van der Waals surface area contributed by atoms with E-state index in [-0.39, 0.29) is 0 Å². The Kier molecular flexibility index (Phi) is 3.07. The molecule has 88 valence electrons. The molecule has 1 aliphatic carbocycles. The number of hydrogen-bond acceptors (Lipinski definition) is 1. The second-order valence-electron chi connectivity index (χ2n) is 5.58. The zero-order valence-electron chi connectivity index (χ0n) is 10.9. The topological polar surface area (TPSA) is 12.0 Å². The van der Waals surface area contributed by atoms with Gasteiger partial charge in [-0.15, -0.1) is 0 Å². The number of hydrogen-bond donors (Lipinski definition) is 1. The maximum Gasteiger partial charge on any atom is 0.0130 e. The second-order valence-corrected chi connectivity index (χ2v) is 5.58. The number of nitrogens with one attached hydrogen (secondary N) is 1. The van der Waals surface area contributed by atoms with Crippen molar-refractivity contribution < 1.29 is 0 Å². The van der Waals surface area contributed by atoms with Gasteiger partial charge in [-0.1, -0.05) is 45.0 Å². The molecule has 2 atom stereocenters. The first-order chi connectivity index (χ1) is 7.57. The summed E-state index contributed by atoms with van der Waals surface area (Å²) in [6, 6.07) is 9.50. The van der Waals surface area contributed by atoms with Crippen LogP contribution in [0.4, 0.5) is 0 Å². The normalized spacial score (nSPS) is 27.5. The monoisotopic (exact) mass is 217 g/mol. The summed E-state index contributed by atoms with van der Waals surface area (Å²) in [5.41, 5.74) is 3.37. The molecule has 1 N–H and O–H groups in total. The molecule has 0 bridgehead atoms. The molecule has 1 aromatic rings. The largest absolute Gasteiger partial charge is 0.314 e. The molecule has 0 spiro atoms. The van der Waals surface area contributed by atoms with E-state index >= 15 is 0 Å². The number of rotatable bonds is 3. The van der Waals surface area contributed by atoms with E-state index in [0.717, 1.165) is 12.5 Å². The highest BCUT2D eigenvalue weighted by molar-refractivity contribution is 5.34. The molecule has 2 unspecified atom stereocenters. The van der Waals surface area contributed by atoms with Crippen molar-refractivity contribution in [3.63, 3.8) is 0 Å². The summed E-state index contributed by atoms with van der Waals surface area (Å²) in [5.74, 6) is 0.720. The minimum Gasteiger partial charge on any atom is -0.314 e. The van der Waals surface area contributed by atoms with Crippen LogP contribution in [0.3, 0.4) is 0 Å². The molecule has 0 saturated heterocycles. The van der Waals surface area contributed by atoms with Crippen LogP contribution in [0.2, 0.25) is 0 Å². The lowest BCUT2D eigenvalue weighted by Gasteiger charge is -2.53. The van der Waals surface area contributed by atoms with E-state index < -0.39 is 0 Å². The third kappa shape index (κ3) is 1.78. The van der Waals surface area contributed by atoms with Crippen molar-refractivity contribution in [3.8, 4) is 0 Å². The van der Waals surface area contributed by atoms with Gasteiger partial charge >= 0.3 is 0 Å². The van der Waals surface area contributed by atoms with E-state index in [1.165, 1.54) is 12.0 Å². The molecule has 0 radical (unpaired) electrons. The molecule has 1 aliphatic rings. The van der Waals surface area contributed by atoms with Crippen LogP contribution in [0.25, 0.3) is 0 Å². The maximum atomic E-state index is 3.59. The average Bonchev–Trinajstić information content (AvgIpc) is 2.25. The number of benzene rings is 1. The first-order valence-electron chi connectivity index (χ1n) is 6.36. The Labute approximate surface area is 99.3 Å². The van der Waals surface area contributed by atoms with E-state index in [1.807, 2.05) is 0 Å². The molecule has 1 nitrogen and oxygen atoms in total. The minimum atomic E-state index is 0.391. The van der Waals surface area contributed by atoms with Gasteiger partial charge in [0.1, 0.15) is 0 Å². The molecular formula is C15H23N. The maximum absolute atomic E-state index is 3.59. The van der Waals surface area contributed by atoms with Crippen LogP contribution >= 0.6 is 0 Å². The third-order valence-corrected chi connectivity index (χ3v) is 4.28. The van der Waals surface area contributed by atoms with E-state index in [4.69, 9.17) is 0 Å². The summed E-state index contributed by atoms with van der Waals surface area (Å²) in [6.45, 7) is 10.3. The molecule has 0 amide bonds. The average molecular weight is 217 g/mol. The summed E-state index contributed by atoms with van der Waals surface area (Å²) in [6.07, 6.45) is 1.28. The van der Waals surface area contributed by atoms with Gasteiger partial charge in [0, 0.05) is 6.04 Å². The Balaban J connectivity index is 2.17. The Morgan fingerprint density at radius 2 is 2.00 bits per heavy atom. The molecule has 0 heterocycles. The quantitative estimate of drug-likeness (QED) is 0.817. The van der Waals surface area contributed by atoms with Gasteiger partial charge in [0.05, 0.1) is 0 Å². The Bertz CT molecular complexity index is 367. The van der Waals surface area contributed by atoms with Gasteiger partial charge < -0.3 is 5.32 Å². The van der Waals surface area contributed by atoms with E-state index in [1.54, 1.807) is 5.56 Å². The fourth-order valence-corrected chi connectivity index (χ4v) is 3.02. The van der Waals surface area contributed by atoms with Crippen molar-refractivity contribution in [2.75, 3.05) is 6.54 Å². The van der Waals surface area contributed by atoms with Gasteiger partial charge in [-0.3, -0.25) is 0 Å². The highest BCUT2D eigenvalue weighted by Crippen LogP contribution is 2.52. The Morgan fingerprint density at radius 1 is 1.31 bits per heavy atom. The van der Waals surface area contributed by atoms with E-state index in [9.17, 15) is 0 Å². The van der Waals surface area contributed by atoms with Gasteiger partial charge in [0.2, 0.25) is 0 Å². The zero-order valence-corrected chi connectivity index (χ0v) is 10.9. The van der Waals surface area contributed by atoms with Crippen molar-refractivity contribution in [2.45, 2.75) is 46.1 Å². The van der Waals surface area contributed by atoms with Crippen LogP contribution in [0.5, 0.6) is 0 Å². The highest BCUT2D eigenvalue weighted by atomic mass is 15.0. The Hall–Kier alpha value is -0.820. The van der Waals surface area contributed by atoms with Gasteiger partial charge in [0.25, 0.3) is 0 Å². The predicted octanol–water partition coefficient (Wildman–Crippen LogP) is 3.49. The third-order valence-electron chi connectivity index (χ3n) is 4.28. The van der Waals surface area contributed by atoms with Crippen molar-refractivity contribution in [1.29, 1.82) is 0 Å². The van der Waals surface area contributed by atoms with Gasteiger partial charge in [0.15, 0.2) is 0 Å². The molecule has 2 rings (SSSR count). The standard InChI is InChI=1S/C15H23N/c1-5-16-14-10-13(15(14,3)4)12-9-7-6-8-11(12)2/h6-9,13-14,16H,5,10H2,1-4H3. The molecule has 1 fully saturated rings. The van der Waals surface area contributed by atoms with Crippen LogP contribution in [0.1, 0.15) is 44.2 Å². The first-order valence-corrected chi connectivity index (χ1v) is 6.36. The molecule has 1 heteroatoms. The second kappa shape index (κ2) is 4.21. The molecule has 1 aromatic carbocycles. The van der Waals surface area contributed by atoms with Crippen molar-refractivity contribution in [1.82, 2.24) is 5.32 Å². The molecule has 16 heavy (non-hydrogen) atoms. The lowest BCUT2D eigenvalue weighted by Crippen LogP contribution is -2.55. The summed E-state index contributed by atoms with van der Waals surface area (Å²) in [4.78, 5) is 0. The van der Waals surface area contributed by atoms with Crippen LogP contribution in [-0.2, 0) is 0 Å². The lowest BCUT2D eigenvalue weighted by molar-refractivity contribution is 0.0702.